The van der Waals surface area contributed by atoms with E-state index >= 15 is 0 Å². The van der Waals surface area contributed by atoms with E-state index in [1.165, 1.54) is 0 Å². The van der Waals surface area contributed by atoms with Crippen LogP contribution in [0.25, 0.3) is 0 Å². The molecule has 0 heterocycles. The Morgan fingerprint density at radius 2 is 1.64 bits per heavy atom. The molecule has 0 rings (SSSR count). The molecule has 0 unspecified atom stereocenters. The third-order valence-electron chi connectivity index (χ3n) is 0.895. The van der Waals surface area contributed by atoms with Gasteiger partial charge in [0.25, 0.3) is 0 Å². The number of aliphatic hydroxyl groups is 2. The molecule has 3 N–H and O–H groups in total. The number of carboxylic acid groups (broad SMARTS) is 1. The molecule has 0 saturated carbocycles. The van der Waals surface area contributed by atoms with Gasteiger partial charge in [-0.05, 0) is 0 Å². The molecule has 0 aliphatic heterocycles. The number of hydrogen-bond donors (Lipinski definition) is 3. The molecule has 0 fully saturated rings. The molecule has 0 bridgehead atoms. The second-order valence-corrected chi connectivity index (χ2v) is 1.66. The minimum Gasteiger partial charge on any atom is -0.479 e. The molecule has 0 aromatic heterocycles. The Kier molecular flexibility index (Phi) is 3.28. The maximum atomic E-state index is 10.1. The smallest absolute Gasteiger partial charge is 0.335 e. The van der Waals surface area contributed by atoms with Crippen LogP contribution in [0.15, 0.2) is 5.18 Å². The van der Waals surface area contributed by atoms with Gasteiger partial charge in [0.15, 0.2) is 12.2 Å². The lowest BCUT2D eigenvalue weighted by molar-refractivity contribution is -0.157. The summed E-state index contributed by atoms with van der Waals surface area (Å²) >= 11 is 0. The van der Waals surface area contributed by atoms with Crippen LogP contribution in [0, 0.1) is 4.91 Å². The number of aliphatic carboxylic acids is 1. The lowest BCUT2D eigenvalue weighted by Gasteiger charge is -2.07. The molecule has 7 nitrogen and oxygen atoms in total. The van der Waals surface area contributed by atoms with E-state index in [9.17, 15) is 14.5 Å². The average Bonchev–Trinajstić information content (AvgIpc) is 2.00. The fourth-order valence-electron chi connectivity index (χ4n) is 0.324. The number of carbonyl (C=O) groups excluding carboxylic acids is 1. The van der Waals surface area contributed by atoms with Gasteiger partial charge in [-0.3, -0.25) is 4.79 Å². The number of hydrogen-bond acceptors (Lipinski definition) is 5. The number of nitroso groups, excluding NO2 is 1. The van der Waals surface area contributed by atoms with Crippen LogP contribution in [0.2, 0.25) is 0 Å². The van der Waals surface area contributed by atoms with Crippen molar-refractivity contribution in [2.24, 2.45) is 5.18 Å². The molecule has 62 valence electrons. The highest BCUT2D eigenvalue weighted by Gasteiger charge is 2.30. The van der Waals surface area contributed by atoms with Crippen LogP contribution >= 0.6 is 0 Å². The molecule has 0 aliphatic rings. The van der Waals surface area contributed by atoms with E-state index in [0.717, 1.165) is 0 Å². The molecule has 0 aliphatic carbocycles. The van der Waals surface area contributed by atoms with Crippen molar-refractivity contribution >= 4 is 11.9 Å². The molecular weight excluding hydrogens is 158 g/mol. The maximum absolute atomic E-state index is 10.1. The maximum Gasteiger partial charge on any atom is 0.335 e. The Balaban J connectivity index is 4.23. The van der Waals surface area contributed by atoms with E-state index in [1.807, 2.05) is 0 Å². The third kappa shape index (κ3) is 2.40. The van der Waals surface area contributed by atoms with Crippen LogP contribution in [-0.2, 0) is 9.59 Å². The predicted octanol–water partition coefficient (Wildman–Crippen LogP) is -1.91. The van der Waals surface area contributed by atoms with Crippen molar-refractivity contribution in [3.8, 4) is 0 Å². The Morgan fingerprint density at radius 3 is 1.91 bits per heavy atom. The third-order valence-corrected chi connectivity index (χ3v) is 0.895. The quantitative estimate of drug-likeness (QED) is 0.417. The van der Waals surface area contributed by atoms with Crippen LogP contribution in [0.1, 0.15) is 0 Å². The highest BCUT2D eigenvalue weighted by atomic mass is 16.4. The highest BCUT2D eigenvalue weighted by molar-refractivity contribution is 5.87. The lowest BCUT2D eigenvalue weighted by Crippen LogP contribution is -2.38. The molecule has 2 atom stereocenters. The fraction of sp³-hybridized carbons (Fsp3) is 0.500. The summed E-state index contributed by atoms with van der Waals surface area (Å²) in [6.45, 7) is 0. The van der Waals surface area contributed by atoms with Gasteiger partial charge in [0.2, 0.25) is 0 Å². The van der Waals surface area contributed by atoms with E-state index in [0.29, 0.717) is 0 Å². The first-order valence-corrected chi connectivity index (χ1v) is 2.47. The number of aliphatic hydroxyl groups excluding tert-OH is 2. The van der Waals surface area contributed by atoms with E-state index in [1.54, 1.807) is 5.18 Å². The van der Waals surface area contributed by atoms with Crippen molar-refractivity contribution in [2.75, 3.05) is 0 Å². The number of carboxylic acids is 1. The number of carbonyl (C=O) groups is 2. The van der Waals surface area contributed by atoms with Crippen molar-refractivity contribution < 1.29 is 24.9 Å². The summed E-state index contributed by atoms with van der Waals surface area (Å²) in [5.41, 5.74) is 0. The van der Waals surface area contributed by atoms with Gasteiger partial charge in [-0.25, -0.2) is 4.79 Å². The Bertz CT molecular complexity index is 189. The van der Waals surface area contributed by atoms with Gasteiger partial charge in [-0.1, -0.05) is 0 Å². The zero-order valence-electron chi connectivity index (χ0n) is 5.17. The standard InChI is InChI=1S/C4H5NO6/c6-1(3(8)5-11)2(7)4(9)10/h1-2,6-7H,(H,9,10)/t1-,2-/m1/s1. The van der Waals surface area contributed by atoms with Gasteiger partial charge in [0.05, 0.1) is 0 Å². The van der Waals surface area contributed by atoms with Crippen molar-refractivity contribution in [1.29, 1.82) is 0 Å². The molecule has 11 heavy (non-hydrogen) atoms. The second kappa shape index (κ2) is 3.74. The average molecular weight is 163 g/mol. The first kappa shape index (κ1) is 9.66. The van der Waals surface area contributed by atoms with E-state index in [-0.39, 0.29) is 0 Å². The summed E-state index contributed by atoms with van der Waals surface area (Å²) in [6, 6.07) is 0. The van der Waals surface area contributed by atoms with Gasteiger partial charge in [0.1, 0.15) is 0 Å². The summed E-state index contributed by atoms with van der Waals surface area (Å²) < 4.78 is 0. The first-order valence-electron chi connectivity index (χ1n) is 2.47. The van der Waals surface area contributed by atoms with E-state index < -0.39 is 24.1 Å². The van der Waals surface area contributed by atoms with Crippen molar-refractivity contribution in [2.45, 2.75) is 12.2 Å². The van der Waals surface area contributed by atoms with Crippen LogP contribution in [0.5, 0.6) is 0 Å². The summed E-state index contributed by atoms with van der Waals surface area (Å²) in [5.74, 6) is -3.41. The van der Waals surface area contributed by atoms with E-state index in [2.05, 4.69) is 0 Å². The number of rotatable bonds is 3. The monoisotopic (exact) mass is 163 g/mol. The van der Waals surface area contributed by atoms with Gasteiger partial charge in [-0.2, -0.15) is 0 Å². The van der Waals surface area contributed by atoms with Gasteiger partial charge >= 0.3 is 11.9 Å². The Labute approximate surface area is 60.2 Å². The molecule has 0 aromatic carbocycles. The molecule has 0 spiro atoms. The van der Waals surface area contributed by atoms with Crippen LogP contribution < -0.4 is 0 Å². The van der Waals surface area contributed by atoms with Crippen molar-refractivity contribution in [3.05, 3.63) is 4.91 Å². The molecule has 7 heteroatoms. The molecule has 0 saturated heterocycles. The molecule has 0 radical (unpaired) electrons. The van der Waals surface area contributed by atoms with Gasteiger partial charge < -0.3 is 15.3 Å². The van der Waals surface area contributed by atoms with Crippen molar-refractivity contribution in [3.63, 3.8) is 0 Å². The van der Waals surface area contributed by atoms with Crippen molar-refractivity contribution in [1.82, 2.24) is 0 Å². The highest BCUT2D eigenvalue weighted by Crippen LogP contribution is 1.95. The zero-order chi connectivity index (χ0) is 9.02. The molecule has 1 amide bonds. The normalized spacial score (nSPS) is 15.1. The van der Waals surface area contributed by atoms with Crippen LogP contribution in [0.3, 0.4) is 0 Å². The van der Waals surface area contributed by atoms with Gasteiger partial charge in [0, 0.05) is 5.18 Å². The molecular formula is C4H5NO6. The summed E-state index contributed by atoms with van der Waals surface area (Å²) in [4.78, 5) is 29.4. The fourth-order valence-corrected chi connectivity index (χ4v) is 0.324. The summed E-state index contributed by atoms with van der Waals surface area (Å²) in [7, 11) is 0. The van der Waals surface area contributed by atoms with E-state index in [4.69, 9.17) is 15.3 Å². The Hall–Kier alpha value is -1.34. The zero-order valence-corrected chi connectivity index (χ0v) is 5.17. The Morgan fingerprint density at radius 1 is 1.18 bits per heavy atom. The minimum atomic E-state index is -2.31. The predicted molar refractivity (Wildman–Crippen MR) is 30.5 cm³/mol. The summed E-state index contributed by atoms with van der Waals surface area (Å²) in [6.07, 6.45) is -4.59. The first-order chi connectivity index (χ1) is 5.00. The van der Waals surface area contributed by atoms with Gasteiger partial charge in [-0.15, -0.1) is 4.91 Å². The largest absolute Gasteiger partial charge is 0.479 e. The lowest BCUT2D eigenvalue weighted by atomic mass is 10.2. The number of nitrogens with zero attached hydrogens (tertiary/aromatic N) is 1. The number of amides is 1. The topological polar surface area (TPSA) is 124 Å². The second-order valence-electron chi connectivity index (χ2n) is 1.66. The molecule has 0 aromatic rings. The van der Waals surface area contributed by atoms with Crippen LogP contribution in [-0.4, -0.2) is 39.4 Å². The summed E-state index contributed by atoms with van der Waals surface area (Å²) in [5, 5.41) is 26.6. The van der Waals surface area contributed by atoms with Crippen LogP contribution in [0.4, 0.5) is 0 Å². The minimum absolute atomic E-state index is 1.61. The SMILES string of the molecule is O=NC(=O)[C@H](O)[C@@H](O)C(=O)O.